The standard InChI is InChI=1S/C10H12N4O4S/c15-3-1-18-7(6(17)5(3)16)9-13-8-4(10(19)14-9)11-2-12-8/h2-3,5-7,15-17H,1H2,(H2,11,12,13,14,19)/t3-,5-,6+,7?/m1/s1. The second-order valence-electron chi connectivity index (χ2n) is 4.36. The van der Waals surface area contributed by atoms with Gasteiger partial charge in [0.15, 0.2) is 10.3 Å². The highest BCUT2D eigenvalue weighted by Gasteiger charge is 2.39. The van der Waals surface area contributed by atoms with Gasteiger partial charge in [0, 0.05) is 0 Å². The van der Waals surface area contributed by atoms with Crippen LogP contribution in [0.25, 0.3) is 11.2 Å². The van der Waals surface area contributed by atoms with Crippen LogP contribution in [0.15, 0.2) is 6.33 Å². The largest absolute Gasteiger partial charge is 0.388 e. The summed E-state index contributed by atoms with van der Waals surface area (Å²) in [5.74, 6) is 0.267. The molecular weight excluding hydrogens is 272 g/mol. The molecular formula is C10H12N4O4S. The van der Waals surface area contributed by atoms with Gasteiger partial charge in [0.1, 0.15) is 35.8 Å². The summed E-state index contributed by atoms with van der Waals surface area (Å²) in [5, 5.41) is 29.0. The quantitative estimate of drug-likeness (QED) is 0.432. The molecule has 5 N–H and O–H groups in total. The van der Waals surface area contributed by atoms with E-state index in [2.05, 4.69) is 19.9 Å². The third kappa shape index (κ3) is 2.05. The van der Waals surface area contributed by atoms with Gasteiger partial charge < -0.3 is 30.0 Å². The van der Waals surface area contributed by atoms with E-state index in [0.717, 1.165) is 0 Å². The molecule has 4 atom stereocenters. The highest BCUT2D eigenvalue weighted by Crippen LogP contribution is 2.27. The third-order valence-corrected chi connectivity index (χ3v) is 3.39. The van der Waals surface area contributed by atoms with Crippen LogP contribution in [-0.2, 0) is 4.74 Å². The van der Waals surface area contributed by atoms with E-state index in [9.17, 15) is 15.3 Å². The van der Waals surface area contributed by atoms with E-state index >= 15 is 0 Å². The highest BCUT2D eigenvalue weighted by atomic mass is 32.1. The lowest BCUT2D eigenvalue weighted by atomic mass is 9.99. The molecule has 1 unspecified atom stereocenters. The summed E-state index contributed by atoms with van der Waals surface area (Å²) in [6.45, 7) is -0.0935. The van der Waals surface area contributed by atoms with E-state index in [1.165, 1.54) is 6.33 Å². The van der Waals surface area contributed by atoms with Gasteiger partial charge in [0.2, 0.25) is 0 Å². The molecule has 9 heteroatoms. The van der Waals surface area contributed by atoms with Crippen LogP contribution < -0.4 is 0 Å². The molecule has 1 aliphatic rings. The van der Waals surface area contributed by atoms with Crippen LogP contribution in [0.5, 0.6) is 0 Å². The first-order valence-corrected chi connectivity index (χ1v) is 6.08. The molecule has 0 spiro atoms. The minimum absolute atomic E-state index is 0.0935. The van der Waals surface area contributed by atoms with Crippen LogP contribution in [-0.4, -0.2) is 60.2 Å². The maximum absolute atomic E-state index is 9.92. The number of nitrogens with zero attached hydrogens (tertiary/aromatic N) is 2. The smallest absolute Gasteiger partial charge is 0.160 e. The van der Waals surface area contributed by atoms with Gasteiger partial charge >= 0.3 is 0 Å². The molecule has 1 saturated heterocycles. The lowest BCUT2D eigenvalue weighted by Crippen LogP contribution is -2.49. The second kappa shape index (κ2) is 4.62. The Labute approximate surface area is 112 Å². The first-order chi connectivity index (χ1) is 9.08. The summed E-state index contributed by atoms with van der Waals surface area (Å²) < 4.78 is 5.59. The number of imidazole rings is 1. The zero-order valence-corrected chi connectivity index (χ0v) is 10.5. The van der Waals surface area contributed by atoms with Crippen LogP contribution in [0.2, 0.25) is 0 Å². The predicted molar refractivity (Wildman–Crippen MR) is 65.8 cm³/mol. The number of aliphatic hydroxyl groups excluding tert-OH is 3. The zero-order valence-electron chi connectivity index (χ0n) is 9.65. The van der Waals surface area contributed by atoms with E-state index < -0.39 is 24.4 Å². The van der Waals surface area contributed by atoms with Crippen molar-refractivity contribution in [1.82, 2.24) is 19.9 Å². The Morgan fingerprint density at radius 3 is 2.89 bits per heavy atom. The molecule has 1 fully saturated rings. The highest BCUT2D eigenvalue weighted by molar-refractivity contribution is 7.71. The minimum Gasteiger partial charge on any atom is -0.388 e. The first kappa shape index (κ1) is 12.6. The van der Waals surface area contributed by atoms with Crippen molar-refractivity contribution >= 4 is 23.4 Å². The molecule has 3 rings (SSSR count). The van der Waals surface area contributed by atoms with E-state index in [4.69, 9.17) is 17.0 Å². The predicted octanol–water partition coefficient (Wildman–Crippen LogP) is -0.831. The minimum atomic E-state index is -1.29. The lowest BCUT2D eigenvalue weighted by Gasteiger charge is -2.34. The van der Waals surface area contributed by atoms with Gasteiger partial charge in [0.25, 0.3) is 0 Å². The van der Waals surface area contributed by atoms with Gasteiger partial charge in [-0.05, 0) is 0 Å². The Bertz CT molecular complexity index is 656. The monoisotopic (exact) mass is 284 g/mol. The van der Waals surface area contributed by atoms with Crippen molar-refractivity contribution in [3.05, 3.63) is 16.8 Å². The topological polar surface area (TPSA) is 127 Å². The first-order valence-electron chi connectivity index (χ1n) is 5.67. The summed E-state index contributed by atoms with van der Waals surface area (Å²) in [4.78, 5) is 13.9. The van der Waals surface area contributed by atoms with Crippen molar-refractivity contribution in [3.63, 3.8) is 0 Å². The van der Waals surface area contributed by atoms with E-state index in [1.807, 2.05) is 0 Å². The van der Waals surface area contributed by atoms with Crippen molar-refractivity contribution in [2.75, 3.05) is 6.61 Å². The Kier molecular flexibility index (Phi) is 3.07. The Balaban J connectivity index is 2.02. The Morgan fingerprint density at radius 2 is 2.11 bits per heavy atom. The molecule has 2 aromatic heterocycles. The van der Waals surface area contributed by atoms with E-state index in [-0.39, 0.29) is 17.1 Å². The molecule has 0 aromatic carbocycles. The van der Waals surface area contributed by atoms with Crippen LogP contribution in [0.3, 0.4) is 0 Å². The van der Waals surface area contributed by atoms with Gasteiger partial charge in [-0.15, -0.1) is 0 Å². The van der Waals surface area contributed by atoms with Crippen LogP contribution in [0.1, 0.15) is 11.9 Å². The molecule has 0 radical (unpaired) electrons. The average molecular weight is 284 g/mol. The maximum atomic E-state index is 9.92. The Morgan fingerprint density at radius 1 is 1.32 bits per heavy atom. The molecule has 1 aliphatic heterocycles. The van der Waals surface area contributed by atoms with Crippen LogP contribution in [0.4, 0.5) is 0 Å². The number of ether oxygens (including phenoxy) is 1. The maximum Gasteiger partial charge on any atom is 0.160 e. The Hall–Kier alpha value is -1.39. The average Bonchev–Trinajstić information content (AvgIpc) is 2.85. The fourth-order valence-corrected chi connectivity index (χ4v) is 2.30. The molecule has 3 heterocycles. The number of aliphatic hydroxyl groups is 3. The van der Waals surface area contributed by atoms with Gasteiger partial charge in [-0.3, -0.25) is 0 Å². The molecule has 0 aliphatic carbocycles. The number of aromatic amines is 2. The zero-order chi connectivity index (χ0) is 13.6. The molecule has 0 bridgehead atoms. The fourth-order valence-electron chi connectivity index (χ4n) is 2.05. The summed E-state index contributed by atoms with van der Waals surface area (Å²) in [6, 6.07) is 0. The molecule has 0 saturated carbocycles. The van der Waals surface area contributed by atoms with Gasteiger partial charge in [-0.1, -0.05) is 12.2 Å². The van der Waals surface area contributed by atoms with Crippen molar-refractivity contribution in [1.29, 1.82) is 0 Å². The van der Waals surface area contributed by atoms with Gasteiger partial charge in [-0.25, -0.2) is 9.97 Å². The summed E-state index contributed by atoms with van der Waals surface area (Å²) in [6.07, 6.45) is -3.13. The normalized spacial score (nSPS) is 31.7. The third-order valence-electron chi connectivity index (χ3n) is 3.09. The van der Waals surface area contributed by atoms with Gasteiger partial charge in [0.05, 0.1) is 12.9 Å². The molecule has 19 heavy (non-hydrogen) atoms. The van der Waals surface area contributed by atoms with Crippen molar-refractivity contribution in [2.45, 2.75) is 24.4 Å². The van der Waals surface area contributed by atoms with Crippen LogP contribution in [0, 0.1) is 4.64 Å². The lowest BCUT2D eigenvalue weighted by molar-refractivity contribution is -0.191. The summed E-state index contributed by atoms with van der Waals surface area (Å²) >= 11 is 5.10. The SMILES string of the molecule is O[C@@H]1[C@H](O)COC(c2nc(=S)c3[nH]cnc3[nH]2)[C@H]1O. The molecule has 8 nitrogen and oxygen atoms in total. The van der Waals surface area contributed by atoms with E-state index in [0.29, 0.717) is 11.2 Å². The number of rotatable bonds is 1. The molecule has 102 valence electrons. The summed E-state index contributed by atoms with van der Waals surface area (Å²) in [7, 11) is 0. The second-order valence-corrected chi connectivity index (χ2v) is 4.74. The van der Waals surface area contributed by atoms with Gasteiger partial charge in [-0.2, -0.15) is 0 Å². The number of H-pyrrole nitrogens is 2. The number of hydrogen-bond donors (Lipinski definition) is 5. The fraction of sp³-hybridized carbons (Fsp3) is 0.500. The van der Waals surface area contributed by atoms with Crippen molar-refractivity contribution in [2.24, 2.45) is 0 Å². The summed E-state index contributed by atoms with van der Waals surface area (Å²) in [5.41, 5.74) is 1.08. The van der Waals surface area contributed by atoms with Crippen molar-refractivity contribution < 1.29 is 20.1 Å². The molecule has 0 amide bonds. The van der Waals surface area contributed by atoms with E-state index in [1.54, 1.807) is 0 Å². The number of nitrogens with one attached hydrogen (secondary N) is 2. The van der Waals surface area contributed by atoms with Crippen molar-refractivity contribution in [3.8, 4) is 0 Å². The number of hydrogen-bond acceptors (Lipinski definition) is 7. The van der Waals surface area contributed by atoms with Crippen LogP contribution >= 0.6 is 12.2 Å². The molecule has 2 aromatic rings. The number of aromatic nitrogens is 4. The number of fused-ring (bicyclic) bond motifs is 1.